The van der Waals surface area contributed by atoms with Gasteiger partial charge in [-0.25, -0.2) is 4.39 Å². The van der Waals surface area contributed by atoms with Crippen molar-refractivity contribution in [2.45, 2.75) is 25.4 Å². The van der Waals surface area contributed by atoms with Gasteiger partial charge in [0.05, 0.1) is 25.0 Å². The number of amides is 1. The molecule has 2 heterocycles. The van der Waals surface area contributed by atoms with Crippen LogP contribution < -0.4 is 10.5 Å². The minimum absolute atomic E-state index is 0.0526. The molecule has 8 heteroatoms. The number of ether oxygens (including phenoxy) is 1. The number of piperidine rings is 1. The van der Waals surface area contributed by atoms with Crippen molar-refractivity contribution >= 4 is 5.91 Å². The summed E-state index contributed by atoms with van der Waals surface area (Å²) in [6.07, 6.45) is 1.70. The van der Waals surface area contributed by atoms with Gasteiger partial charge in [-0.1, -0.05) is 6.07 Å². The highest BCUT2D eigenvalue weighted by molar-refractivity contribution is 5.98. The van der Waals surface area contributed by atoms with Crippen molar-refractivity contribution in [1.29, 1.82) is 5.26 Å². The lowest BCUT2D eigenvalue weighted by molar-refractivity contribution is 0.0697. The summed E-state index contributed by atoms with van der Waals surface area (Å²) in [5, 5.41) is 19.0. The Kier molecular flexibility index (Phi) is 6.96. The predicted octanol–water partition coefficient (Wildman–Crippen LogP) is 3.40. The smallest absolute Gasteiger partial charge is 0.270 e. The van der Waals surface area contributed by atoms with E-state index in [-0.39, 0.29) is 30.7 Å². The van der Waals surface area contributed by atoms with Crippen LogP contribution in [-0.4, -0.2) is 53.3 Å². The largest absolute Gasteiger partial charge is 0.497 e. The topological polar surface area (TPSA) is 105 Å². The average molecular weight is 463 g/mol. The highest BCUT2D eigenvalue weighted by Gasteiger charge is 2.28. The van der Waals surface area contributed by atoms with E-state index >= 15 is 0 Å². The van der Waals surface area contributed by atoms with E-state index in [4.69, 9.17) is 15.7 Å². The zero-order chi connectivity index (χ0) is 24.2. The molecular weight excluding hydrogens is 435 g/mol. The molecule has 176 valence electrons. The molecule has 3 aromatic rings. The van der Waals surface area contributed by atoms with Crippen molar-refractivity contribution < 1.29 is 19.0 Å². The lowest BCUT2D eigenvalue weighted by atomic mass is 9.99. The third-order valence-corrected chi connectivity index (χ3v) is 6.15. The summed E-state index contributed by atoms with van der Waals surface area (Å²) in [5.41, 5.74) is 9.06. The molecule has 0 unspecified atom stereocenters. The summed E-state index contributed by atoms with van der Waals surface area (Å²) in [6, 6.07) is 15.2. The van der Waals surface area contributed by atoms with Gasteiger partial charge in [-0.3, -0.25) is 4.79 Å². The molecule has 1 fully saturated rings. The number of nitrogens with two attached hydrogens (primary N) is 1. The maximum Gasteiger partial charge on any atom is 0.270 e. The number of nitriles is 1. The number of rotatable bonds is 6. The Labute approximate surface area is 197 Å². The van der Waals surface area contributed by atoms with Crippen molar-refractivity contribution in [3.63, 3.8) is 0 Å². The molecule has 4 rings (SSSR count). The number of carbonyl (C=O) groups is 1. The Morgan fingerprint density at radius 3 is 2.59 bits per heavy atom. The zero-order valence-electron chi connectivity index (χ0n) is 19.0. The SMILES string of the molecule is COc1ccc(-c2c(-c3ccc(C#N)c(F)c3)cc(C(=O)N3CCC[C@@H](N)C3)n2CCO)cc1. The maximum absolute atomic E-state index is 14.5. The quantitative estimate of drug-likeness (QED) is 0.584. The van der Waals surface area contributed by atoms with Gasteiger partial charge in [0.2, 0.25) is 0 Å². The first-order valence-corrected chi connectivity index (χ1v) is 11.2. The second-order valence-electron chi connectivity index (χ2n) is 8.36. The van der Waals surface area contributed by atoms with Gasteiger partial charge >= 0.3 is 0 Å². The van der Waals surface area contributed by atoms with Crippen LogP contribution in [0, 0.1) is 17.1 Å². The van der Waals surface area contributed by atoms with Crippen molar-refractivity contribution in [2.75, 3.05) is 26.8 Å². The first-order valence-electron chi connectivity index (χ1n) is 11.2. The van der Waals surface area contributed by atoms with Crippen molar-refractivity contribution in [2.24, 2.45) is 5.73 Å². The molecule has 1 aliphatic heterocycles. The highest BCUT2D eigenvalue weighted by Crippen LogP contribution is 2.37. The Morgan fingerprint density at radius 2 is 1.97 bits per heavy atom. The second kappa shape index (κ2) is 10.1. The molecule has 2 aromatic carbocycles. The molecule has 0 bridgehead atoms. The maximum atomic E-state index is 14.5. The number of nitrogens with zero attached hydrogens (tertiary/aromatic N) is 3. The summed E-state index contributed by atoms with van der Waals surface area (Å²) in [5.74, 6) is -0.141. The standard InChI is InChI=1S/C26H27FN4O3/c1-34-21-8-6-17(7-9-21)25-22(18-4-5-19(15-28)23(27)13-18)14-24(31(25)11-12-32)26(33)30-10-2-3-20(29)16-30/h4-9,13-14,20,32H,2-3,10-12,16,29H2,1H3/t20-/m1/s1. The van der Waals surface area contributed by atoms with Crippen LogP contribution in [0.2, 0.25) is 0 Å². The average Bonchev–Trinajstić information content (AvgIpc) is 3.23. The van der Waals surface area contributed by atoms with E-state index in [1.807, 2.05) is 18.2 Å². The van der Waals surface area contributed by atoms with Gasteiger partial charge in [0.15, 0.2) is 0 Å². The van der Waals surface area contributed by atoms with E-state index in [9.17, 15) is 14.3 Å². The number of aromatic nitrogens is 1. The first-order chi connectivity index (χ1) is 16.5. The van der Waals surface area contributed by atoms with Crippen LogP contribution in [-0.2, 0) is 6.54 Å². The molecular formula is C26H27FN4O3. The molecule has 7 nitrogen and oxygen atoms in total. The van der Waals surface area contributed by atoms with Crippen molar-refractivity contribution in [3.8, 4) is 34.2 Å². The normalized spacial score (nSPS) is 15.7. The Bertz CT molecular complexity index is 1230. The van der Waals surface area contributed by atoms with Crippen LogP contribution in [0.5, 0.6) is 5.75 Å². The van der Waals surface area contributed by atoms with E-state index in [0.717, 1.165) is 18.4 Å². The number of halogens is 1. The summed E-state index contributed by atoms with van der Waals surface area (Å²) < 4.78 is 21.6. The van der Waals surface area contributed by atoms with Crippen LogP contribution in [0.1, 0.15) is 28.9 Å². The minimum atomic E-state index is -0.634. The van der Waals surface area contributed by atoms with Gasteiger partial charge in [-0.2, -0.15) is 5.26 Å². The number of likely N-dealkylation sites (tertiary alicyclic amines) is 1. The minimum Gasteiger partial charge on any atom is -0.497 e. The van der Waals surface area contributed by atoms with E-state index in [1.54, 1.807) is 40.8 Å². The third-order valence-electron chi connectivity index (χ3n) is 6.15. The number of methoxy groups -OCH3 is 1. The van der Waals surface area contributed by atoms with Crippen LogP contribution in [0.25, 0.3) is 22.4 Å². The molecule has 0 radical (unpaired) electrons. The molecule has 1 amide bonds. The summed E-state index contributed by atoms with van der Waals surface area (Å²) in [7, 11) is 1.58. The number of hydrogen-bond acceptors (Lipinski definition) is 5. The summed E-state index contributed by atoms with van der Waals surface area (Å²) in [4.78, 5) is 15.3. The van der Waals surface area contributed by atoms with E-state index < -0.39 is 5.82 Å². The van der Waals surface area contributed by atoms with E-state index in [1.165, 1.54) is 12.1 Å². The molecule has 3 N–H and O–H groups in total. The number of aliphatic hydroxyl groups is 1. The number of carbonyl (C=O) groups excluding carboxylic acids is 1. The van der Waals surface area contributed by atoms with E-state index in [2.05, 4.69) is 0 Å². The molecule has 0 aliphatic carbocycles. The molecule has 1 saturated heterocycles. The monoisotopic (exact) mass is 462 g/mol. The zero-order valence-corrected chi connectivity index (χ0v) is 19.0. The Morgan fingerprint density at radius 1 is 1.24 bits per heavy atom. The fourth-order valence-electron chi connectivity index (χ4n) is 4.47. The summed E-state index contributed by atoms with van der Waals surface area (Å²) >= 11 is 0. The fraction of sp³-hybridized carbons (Fsp3) is 0.308. The summed E-state index contributed by atoms with van der Waals surface area (Å²) in [6.45, 7) is 1.07. The molecule has 1 aliphatic rings. The molecule has 1 atom stereocenters. The Hall–Kier alpha value is -3.67. The number of aliphatic hydroxyl groups excluding tert-OH is 1. The van der Waals surface area contributed by atoms with Gasteiger partial charge in [-0.05, 0) is 66.4 Å². The number of benzene rings is 2. The van der Waals surface area contributed by atoms with Crippen molar-refractivity contribution in [3.05, 3.63) is 65.6 Å². The predicted molar refractivity (Wildman–Crippen MR) is 127 cm³/mol. The highest BCUT2D eigenvalue weighted by atomic mass is 19.1. The van der Waals surface area contributed by atoms with Crippen LogP contribution in [0.15, 0.2) is 48.5 Å². The van der Waals surface area contributed by atoms with Crippen LogP contribution >= 0.6 is 0 Å². The van der Waals surface area contributed by atoms with Gasteiger partial charge < -0.3 is 25.0 Å². The second-order valence-corrected chi connectivity index (χ2v) is 8.36. The van der Waals surface area contributed by atoms with Gasteiger partial charge in [0.25, 0.3) is 5.91 Å². The lowest BCUT2D eigenvalue weighted by Crippen LogP contribution is -2.46. The van der Waals surface area contributed by atoms with E-state index in [0.29, 0.717) is 41.4 Å². The number of hydrogen-bond donors (Lipinski definition) is 2. The Balaban J connectivity index is 1.91. The lowest BCUT2D eigenvalue weighted by Gasteiger charge is -2.31. The van der Waals surface area contributed by atoms with Crippen LogP contribution in [0.4, 0.5) is 4.39 Å². The van der Waals surface area contributed by atoms with Gasteiger partial charge in [0.1, 0.15) is 23.3 Å². The van der Waals surface area contributed by atoms with Gasteiger partial charge in [0, 0.05) is 31.2 Å². The molecule has 0 saturated carbocycles. The first kappa shape index (κ1) is 23.5. The fourth-order valence-corrected chi connectivity index (χ4v) is 4.47. The third kappa shape index (κ3) is 4.53. The van der Waals surface area contributed by atoms with Crippen molar-refractivity contribution in [1.82, 2.24) is 9.47 Å². The molecule has 0 spiro atoms. The van der Waals surface area contributed by atoms with Gasteiger partial charge in [-0.15, -0.1) is 0 Å². The van der Waals surface area contributed by atoms with Crippen LogP contribution in [0.3, 0.4) is 0 Å². The molecule has 1 aromatic heterocycles. The molecule has 34 heavy (non-hydrogen) atoms.